The quantitative estimate of drug-likeness (QED) is 0.860. The highest BCUT2D eigenvalue weighted by Gasteiger charge is 2.38. The molecule has 0 atom stereocenters. The van der Waals surface area contributed by atoms with Gasteiger partial charge in [0.25, 0.3) is 0 Å². The SMILES string of the molecule is Fc1cccc(CNC2=NCCNC23CCOCC3)c1. The molecule has 5 heteroatoms. The molecular weight excluding hydrogens is 257 g/mol. The lowest BCUT2D eigenvalue weighted by Gasteiger charge is -2.41. The third kappa shape index (κ3) is 2.83. The molecule has 0 amide bonds. The molecule has 0 saturated carbocycles. The predicted molar refractivity (Wildman–Crippen MR) is 76.3 cm³/mol. The van der Waals surface area contributed by atoms with E-state index in [2.05, 4.69) is 15.6 Å². The second-order valence-corrected chi connectivity index (χ2v) is 5.34. The Kier molecular flexibility index (Phi) is 3.98. The zero-order valence-corrected chi connectivity index (χ0v) is 11.5. The lowest BCUT2D eigenvalue weighted by molar-refractivity contribution is 0.0595. The van der Waals surface area contributed by atoms with E-state index in [0.29, 0.717) is 6.54 Å². The number of nitrogens with zero attached hydrogens (tertiary/aromatic N) is 1. The fourth-order valence-corrected chi connectivity index (χ4v) is 2.89. The van der Waals surface area contributed by atoms with Crippen LogP contribution in [0.3, 0.4) is 0 Å². The van der Waals surface area contributed by atoms with Crippen LogP contribution in [0.25, 0.3) is 0 Å². The smallest absolute Gasteiger partial charge is 0.123 e. The summed E-state index contributed by atoms with van der Waals surface area (Å²) in [4.78, 5) is 4.64. The fourth-order valence-electron chi connectivity index (χ4n) is 2.89. The second-order valence-electron chi connectivity index (χ2n) is 5.34. The molecule has 20 heavy (non-hydrogen) atoms. The molecule has 4 nitrogen and oxygen atoms in total. The fraction of sp³-hybridized carbons (Fsp3) is 0.533. The van der Waals surface area contributed by atoms with E-state index in [1.54, 1.807) is 12.1 Å². The summed E-state index contributed by atoms with van der Waals surface area (Å²) >= 11 is 0. The zero-order chi connectivity index (χ0) is 13.8. The molecule has 1 aromatic rings. The van der Waals surface area contributed by atoms with Gasteiger partial charge in [-0.2, -0.15) is 0 Å². The molecule has 3 rings (SSSR count). The molecule has 2 aliphatic rings. The highest BCUT2D eigenvalue weighted by atomic mass is 19.1. The molecule has 0 unspecified atom stereocenters. The summed E-state index contributed by atoms with van der Waals surface area (Å²) in [5, 5.41) is 6.98. The van der Waals surface area contributed by atoms with E-state index in [4.69, 9.17) is 4.74 Å². The van der Waals surface area contributed by atoms with E-state index in [1.807, 2.05) is 6.07 Å². The van der Waals surface area contributed by atoms with E-state index >= 15 is 0 Å². The number of nitrogens with one attached hydrogen (secondary N) is 2. The van der Waals surface area contributed by atoms with E-state index < -0.39 is 0 Å². The highest BCUT2D eigenvalue weighted by Crippen LogP contribution is 2.23. The summed E-state index contributed by atoms with van der Waals surface area (Å²) in [6, 6.07) is 6.67. The van der Waals surface area contributed by atoms with E-state index in [1.165, 1.54) is 6.07 Å². The van der Waals surface area contributed by atoms with Crippen molar-refractivity contribution in [1.29, 1.82) is 0 Å². The van der Waals surface area contributed by atoms with Crippen LogP contribution in [0.1, 0.15) is 18.4 Å². The van der Waals surface area contributed by atoms with Crippen LogP contribution in [-0.2, 0) is 11.3 Å². The number of hydrogen-bond acceptors (Lipinski definition) is 4. The van der Waals surface area contributed by atoms with Crippen LogP contribution < -0.4 is 10.6 Å². The van der Waals surface area contributed by atoms with Crippen LogP contribution in [0.15, 0.2) is 29.3 Å². The van der Waals surface area contributed by atoms with Gasteiger partial charge in [0.2, 0.25) is 0 Å². The van der Waals surface area contributed by atoms with Gasteiger partial charge >= 0.3 is 0 Å². The van der Waals surface area contributed by atoms with Gasteiger partial charge in [0, 0.05) is 26.3 Å². The standard InChI is InChI=1S/C15H20FN3O/c16-13-3-1-2-12(10-13)11-18-14-15(19-7-6-17-14)4-8-20-9-5-15/h1-3,10,19H,4-9,11H2,(H,17,18). The third-order valence-corrected chi connectivity index (χ3v) is 3.99. The molecular formula is C15H20FN3O. The van der Waals surface area contributed by atoms with Crippen LogP contribution in [0.2, 0.25) is 0 Å². The first kappa shape index (κ1) is 13.5. The topological polar surface area (TPSA) is 45.7 Å². The maximum absolute atomic E-state index is 13.2. The minimum atomic E-state index is -0.200. The van der Waals surface area contributed by atoms with Crippen molar-refractivity contribution in [3.8, 4) is 0 Å². The van der Waals surface area contributed by atoms with Gasteiger partial charge < -0.3 is 15.4 Å². The van der Waals surface area contributed by atoms with Crippen molar-refractivity contribution in [3.63, 3.8) is 0 Å². The Morgan fingerprint density at radius 2 is 2.20 bits per heavy atom. The molecule has 2 aliphatic heterocycles. The largest absolute Gasteiger partial charge is 0.381 e. The number of rotatable bonds is 2. The Hall–Kier alpha value is -1.46. The summed E-state index contributed by atoms with van der Waals surface area (Å²) in [6.07, 6.45) is 1.87. The molecule has 0 radical (unpaired) electrons. The van der Waals surface area contributed by atoms with Gasteiger partial charge in [-0.25, -0.2) is 4.39 Å². The normalized spacial score (nSPS) is 21.6. The number of hydrogen-bond donors (Lipinski definition) is 2. The molecule has 1 aromatic carbocycles. The first-order valence-electron chi connectivity index (χ1n) is 7.15. The predicted octanol–water partition coefficient (Wildman–Crippen LogP) is 1.47. The number of amidine groups is 1. The van der Waals surface area contributed by atoms with Crippen molar-refractivity contribution in [2.24, 2.45) is 4.99 Å². The van der Waals surface area contributed by atoms with Crippen LogP contribution in [0, 0.1) is 5.82 Å². The van der Waals surface area contributed by atoms with Crippen molar-refractivity contribution >= 4 is 5.84 Å². The van der Waals surface area contributed by atoms with E-state index in [-0.39, 0.29) is 11.4 Å². The molecule has 0 bridgehead atoms. The molecule has 1 spiro atoms. The average molecular weight is 277 g/mol. The molecule has 1 saturated heterocycles. The Balaban J connectivity index is 1.70. The molecule has 2 N–H and O–H groups in total. The zero-order valence-electron chi connectivity index (χ0n) is 11.5. The van der Waals surface area contributed by atoms with Gasteiger partial charge in [0.1, 0.15) is 11.7 Å². The molecule has 1 fully saturated rings. The van der Waals surface area contributed by atoms with Crippen LogP contribution >= 0.6 is 0 Å². The van der Waals surface area contributed by atoms with Gasteiger partial charge in [0.15, 0.2) is 0 Å². The van der Waals surface area contributed by atoms with Crippen molar-refractivity contribution in [2.45, 2.75) is 24.9 Å². The molecule has 108 valence electrons. The molecule has 0 aliphatic carbocycles. The van der Waals surface area contributed by atoms with E-state index in [0.717, 1.165) is 50.5 Å². The van der Waals surface area contributed by atoms with Gasteiger partial charge in [-0.1, -0.05) is 12.1 Å². The Morgan fingerprint density at radius 1 is 1.35 bits per heavy atom. The molecule has 0 aromatic heterocycles. The first-order chi connectivity index (χ1) is 9.78. The summed E-state index contributed by atoms with van der Waals surface area (Å²) in [6.45, 7) is 3.81. The third-order valence-electron chi connectivity index (χ3n) is 3.99. The minimum absolute atomic E-state index is 0.0795. The lowest BCUT2D eigenvalue weighted by atomic mass is 9.87. The van der Waals surface area contributed by atoms with Gasteiger partial charge in [0.05, 0.1) is 12.1 Å². The van der Waals surface area contributed by atoms with Crippen molar-refractivity contribution in [3.05, 3.63) is 35.6 Å². The maximum atomic E-state index is 13.2. The summed E-state index contributed by atoms with van der Waals surface area (Å²) in [5.41, 5.74) is 0.851. The van der Waals surface area contributed by atoms with Crippen molar-refractivity contribution in [1.82, 2.24) is 10.6 Å². The van der Waals surface area contributed by atoms with Crippen LogP contribution in [0.4, 0.5) is 4.39 Å². The summed E-state index contributed by atoms with van der Waals surface area (Å²) in [7, 11) is 0. The number of ether oxygens (including phenoxy) is 1. The number of halogens is 1. The van der Waals surface area contributed by atoms with Crippen molar-refractivity contribution < 1.29 is 9.13 Å². The van der Waals surface area contributed by atoms with Crippen LogP contribution in [-0.4, -0.2) is 37.7 Å². The van der Waals surface area contributed by atoms with Crippen LogP contribution in [0.5, 0.6) is 0 Å². The Labute approximate surface area is 118 Å². The average Bonchev–Trinajstić information content (AvgIpc) is 2.47. The van der Waals surface area contributed by atoms with Gasteiger partial charge in [-0.3, -0.25) is 4.99 Å². The Bertz CT molecular complexity index is 498. The monoisotopic (exact) mass is 277 g/mol. The minimum Gasteiger partial charge on any atom is -0.381 e. The molecule has 2 heterocycles. The van der Waals surface area contributed by atoms with Gasteiger partial charge in [-0.15, -0.1) is 0 Å². The second kappa shape index (κ2) is 5.89. The maximum Gasteiger partial charge on any atom is 0.123 e. The summed E-state index contributed by atoms with van der Waals surface area (Å²) in [5.74, 6) is 0.796. The number of benzene rings is 1. The number of aliphatic imine (C=N–C) groups is 1. The lowest BCUT2D eigenvalue weighted by Crippen LogP contribution is -2.62. The van der Waals surface area contributed by atoms with Crippen molar-refractivity contribution in [2.75, 3.05) is 26.3 Å². The summed E-state index contributed by atoms with van der Waals surface area (Å²) < 4.78 is 18.6. The van der Waals surface area contributed by atoms with E-state index in [9.17, 15) is 4.39 Å². The highest BCUT2D eigenvalue weighted by molar-refractivity contribution is 5.92. The van der Waals surface area contributed by atoms with Gasteiger partial charge in [-0.05, 0) is 30.5 Å². The Morgan fingerprint density at radius 3 is 3.00 bits per heavy atom. The first-order valence-corrected chi connectivity index (χ1v) is 7.15.